The Morgan fingerprint density at radius 2 is 2.00 bits per heavy atom. The Hall–Kier alpha value is -2.41. The zero-order valence-electron chi connectivity index (χ0n) is 12.1. The lowest BCUT2D eigenvalue weighted by Crippen LogP contribution is -1.86. The van der Waals surface area contributed by atoms with Gasteiger partial charge in [0.25, 0.3) is 0 Å². The molecule has 0 bridgehead atoms. The number of thioether (sulfide) groups is 1. The average molecular weight is 334 g/mol. The van der Waals surface area contributed by atoms with Crippen molar-refractivity contribution < 1.29 is 18.0 Å². The van der Waals surface area contributed by atoms with Gasteiger partial charge in [0, 0.05) is 10.5 Å². The van der Waals surface area contributed by atoms with Crippen molar-refractivity contribution in [1.29, 1.82) is 0 Å². The minimum atomic E-state index is -0.877. The number of hydrogen-bond acceptors (Lipinski definition) is 5. The minimum absolute atomic E-state index is 0.363. The summed E-state index contributed by atoms with van der Waals surface area (Å²) in [7, 11) is 1.58. The van der Waals surface area contributed by atoms with Crippen LogP contribution < -0.4 is 4.74 Å². The molecule has 0 radical (unpaired) electrons. The summed E-state index contributed by atoms with van der Waals surface area (Å²) >= 11 is 1.28. The predicted octanol–water partition coefficient (Wildman–Crippen LogP) is 4.32. The summed E-state index contributed by atoms with van der Waals surface area (Å²) in [6.07, 6.45) is 0. The highest BCUT2D eigenvalue weighted by Crippen LogP contribution is 2.26. The molecule has 0 saturated carbocycles. The van der Waals surface area contributed by atoms with Gasteiger partial charge in [-0.2, -0.15) is 4.98 Å². The zero-order valence-corrected chi connectivity index (χ0v) is 12.9. The number of ether oxygens (including phenoxy) is 1. The van der Waals surface area contributed by atoms with Crippen molar-refractivity contribution in [3.8, 4) is 17.1 Å². The third kappa shape index (κ3) is 3.68. The van der Waals surface area contributed by atoms with E-state index in [9.17, 15) is 8.78 Å². The van der Waals surface area contributed by atoms with Crippen molar-refractivity contribution >= 4 is 11.8 Å². The number of rotatable bonds is 5. The van der Waals surface area contributed by atoms with E-state index in [4.69, 9.17) is 9.26 Å². The van der Waals surface area contributed by atoms with Crippen molar-refractivity contribution in [1.82, 2.24) is 10.1 Å². The first-order valence-corrected chi connectivity index (χ1v) is 7.69. The lowest BCUT2D eigenvalue weighted by atomic mass is 10.2. The van der Waals surface area contributed by atoms with Crippen LogP contribution in [0.15, 0.2) is 51.9 Å². The van der Waals surface area contributed by atoms with Crippen LogP contribution in [0.5, 0.6) is 5.75 Å². The van der Waals surface area contributed by atoms with E-state index in [1.54, 1.807) is 13.2 Å². The van der Waals surface area contributed by atoms with Crippen LogP contribution in [0, 0.1) is 11.6 Å². The van der Waals surface area contributed by atoms with Crippen LogP contribution in [-0.2, 0) is 5.75 Å². The lowest BCUT2D eigenvalue weighted by molar-refractivity contribution is 0.391. The number of methoxy groups -OCH3 is 1. The Kier molecular flexibility index (Phi) is 4.57. The van der Waals surface area contributed by atoms with Crippen molar-refractivity contribution in [3.63, 3.8) is 0 Å². The van der Waals surface area contributed by atoms with Crippen LogP contribution in [0.3, 0.4) is 0 Å². The summed E-state index contributed by atoms with van der Waals surface area (Å²) in [5, 5.41) is 3.92. The Balaban J connectivity index is 1.70. The average Bonchev–Trinajstić information content (AvgIpc) is 3.05. The zero-order chi connectivity index (χ0) is 16.2. The molecule has 0 N–H and O–H groups in total. The number of benzene rings is 2. The standard InChI is InChI=1S/C16H12F2N2O2S/c1-21-11-4-2-3-10(7-11)16-19-15(22-20-16)9-23-12-5-6-13(17)14(18)8-12/h2-8H,9H2,1H3. The van der Waals surface area contributed by atoms with E-state index in [1.165, 1.54) is 17.8 Å². The minimum Gasteiger partial charge on any atom is -0.497 e. The van der Waals surface area contributed by atoms with Gasteiger partial charge in [-0.05, 0) is 30.3 Å². The second kappa shape index (κ2) is 6.78. The topological polar surface area (TPSA) is 48.2 Å². The Bertz CT molecular complexity index is 823. The molecular formula is C16H12F2N2O2S. The van der Waals surface area contributed by atoms with Gasteiger partial charge in [0.05, 0.1) is 12.9 Å². The molecule has 0 unspecified atom stereocenters. The maximum atomic E-state index is 13.2. The molecule has 2 aromatic carbocycles. The first kappa shape index (κ1) is 15.5. The van der Waals surface area contributed by atoms with Gasteiger partial charge < -0.3 is 9.26 Å². The molecule has 0 aliphatic heterocycles. The molecule has 118 valence electrons. The van der Waals surface area contributed by atoms with E-state index in [1.807, 2.05) is 18.2 Å². The monoisotopic (exact) mass is 334 g/mol. The third-order valence-corrected chi connectivity index (χ3v) is 4.03. The fourth-order valence-electron chi connectivity index (χ4n) is 1.90. The Labute approximate surface area is 135 Å². The van der Waals surface area contributed by atoms with E-state index in [2.05, 4.69) is 10.1 Å². The molecule has 0 saturated heterocycles. The second-order valence-electron chi connectivity index (χ2n) is 4.61. The third-order valence-electron chi connectivity index (χ3n) is 3.05. The summed E-state index contributed by atoms with van der Waals surface area (Å²) in [4.78, 5) is 4.88. The van der Waals surface area contributed by atoms with Gasteiger partial charge in [-0.1, -0.05) is 17.3 Å². The predicted molar refractivity (Wildman–Crippen MR) is 82.2 cm³/mol. The van der Waals surface area contributed by atoms with E-state index in [0.717, 1.165) is 17.7 Å². The van der Waals surface area contributed by atoms with E-state index < -0.39 is 11.6 Å². The number of hydrogen-bond donors (Lipinski definition) is 0. The second-order valence-corrected chi connectivity index (χ2v) is 5.66. The van der Waals surface area contributed by atoms with Gasteiger partial charge in [-0.15, -0.1) is 11.8 Å². The highest BCUT2D eigenvalue weighted by Gasteiger charge is 2.10. The molecule has 0 fully saturated rings. The van der Waals surface area contributed by atoms with Crippen LogP contribution in [0.25, 0.3) is 11.4 Å². The van der Waals surface area contributed by atoms with Crippen molar-refractivity contribution in [2.75, 3.05) is 7.11 Å². The van der Waals surface area contributed by atoms with E-state index in [-0.39, 0.29) is 0 Å². The van der Waals surface area contributed by atoms with Gasteiger partial charge in [-0.25, -0.2) is 8.78 Å². The van der Waals surface area contributed by atoms with Gasteiger partial charge in [0.1, 0.15) is 5.75 Å². The molecule has 3 aromatic rings. The molecular weight excluding hydrogens is 322 g/mol. The van der Waals surface area contributed by atoms with Crippen LogP contribution >= 0.6 is 11.8 Å². The number of nitrogens with zero attached hydrogens (tertiary/aromatic N) is 2. The first-order chi connectivity index (χ1) is 11.2. The number of halogens is 2. The molecule has 0 spiro atoms. The quantitative estimate of drug-likeness (QED) is 0.651. The Morgan fingerprint density at radius 3 is 2.78 bits per heavy atom. The smallest absolute Gasteiger partial charge is 0.237 e. The normalized spacial score (nSPS) is 10.7. The maximum Gasteiger partial charge on any atom is 0.237 e. The van der Waals surface area contributed by atoms with E-state index >= 15 is 0 Å². The highest BCUT2D eigenvalue weighted by atomic mass is 32.2. The SMILES string of the molecule is COc1cccc(-c2noc(CSc3ccc(F)c(F)c3)n2)c1. The van der Waals surface area contributed by atoms with Crippen LogP contribution in [0.1, 0.15) is 5.89 Å². The van der Waals surface area contributed by atoms with Crippen LogP contribution in [-0.4, -0.2) is 17.3 Å². The first-order valence-electron chi connectivity index (χ1n) is 6.70. The lowest BCUT2D eigenvalue weighted by Gasteiger charge is -2.00. The number of aromatic nitrogens is 2. The molecule has 0 aliphatic carbocycles. The molecule has 1 heterocycles. The summed E-state index contributed by atoms with van der Waals surface area (Å²) in [6, 6.07) is 11.0. The summed E-state index contributed by atoms with van der Waals surface area (Å²) in [6.45, 7) is 0. The fourth-order valence-corrected chi connectivity index (χ4v) is 2.66. The van der Waals surface area contributed by atoms with Crippen molar-refractivity contribution in [2.45, 2.75) is 10.6 Å². The molecule has 0 atom stereocenters. The van der Waals surface area contributed by atoms with Crippen LogP contribution in [0.2, 0.25) is 0 Å². The summed E-state index contributed by atoms with van der Waals surface area (Å²) in [5.41, 5.74) is 0.775. The van der Waals surface area contributed by atoms with E-state index in [0.29, 0.717) is 28.1 Å². The van der Waals surface area contributed by atoms with Crippen molar-refractivity contribution in [3.05, 3.63) is 60.0 Å². The maximum absolute atomic E-state index is 13.2. The molecule has 3 rings (SSSR count). The molecule has 0 aliphatic rings. The molecule has 1 aromatic heterocycles. The highest BCUT2D eigenvalue weighted by molar-refractivity contribution is 7.98. The van der Waals surface area contributed by atoms with Crippen LogP contribution in [0.4, 0.5) is 8.78 Å². The van der Waals surface area contributed by atoms with Crippen molar-refractivity contribution in [2.24, 2.45) is 0 Å². The fraction of sp³-hybridized carbons (Fsp3) is 0.125. The van der Waals surface area contributed by atoms with Gasteiger partial charge >= 0.3 is 0 Å². The molecule has 7 heteroatoms. The van der Waals surface area contributed by atoms with Gasteiger partial charge in [0.2, 0.25) is 11.7 Å². The molecule has 23 heavy (non-hydrogen) atoms. The van der Waals surface area contributed by atoms with Gasteiger partial charge in [-0.3, -0.25) is 0 Å². The van der Waals surface area contributed by atoms with Gasteiger partial charge in [0.15, 0.2) is 11.6 Å². The Morgan fingerprint density at radius 1 is 1.13 bits per heavy atom. The summed E-state index contributed by atoms with van der Waals surface area (Å²) < 4.78 is 36.4. The largest absolute Gasteiger partial charge is 0.497 e. The molecule has 0 amide bonds. The summed E-state index contributed by atoms with van der Waals surface area (Å²) in [5.74, 6) is 0.166. The molecule has 4 nitrogen and oxygen atoms in total.